The minimum absolute atomic E-state index is 0.0944. The highest BCUT2D eigenvalue weighted by molar-refractivity contribution is 7.91. The molecule has 3 rings (SSSR count). The number of halogens is 3. The zero-order valence-electron chi connectivity index (χ0n) is 14.7. The van der Waals surface area contributed by atoms with Crippen molar-refractivity contribution >= 4 is 44.6 Å². The maximum absolute atomic E-state index is 12.9. The largest absolute Gasteiger partial charge is 0.433 e. The van der Waals surface area contributed by atoms with Crippen LogP contribution in [-0.2, 0) is 14.8 Å². The van der Waals surface area contributed by atoms with Crippen LogP contribution in [0.3, 0.4) is 0 Å². The van der Waals surface area contributed by atoms with Crippen LogP contribution in [0.5, 0.6) is 5.75 Å². The topological polar surface area (TPSA) is 75.7 Å². The highest BCUT2D eigenvalue weighted by atomic mass is 35.5. The molecule has 1 N–H and O–H groups in total. The molecule has 0 saturated carbocycles. The summed E-state index contributed by atoms with van der Waals surface area (Å²) in [5.74, 6) is -0.722. The molecule has 0 spiro atoms. The molecule has 1 fully saturated rings. The number of anilines is 1. The number of benzene rings is 1. The molecule has 1 aliphatic rings. The fraction of sp³-hybridized carbons (Fsp3) is 0.353. The fourth-order valence-corrected chi connectivity index (χ4v) is 6.25. The lowest BCUT2D eigenvalue weighted by Crippen LogP contribution is -2.42. The predicted molar refractivity (Wildman–Crippen MR) is 103 cm³/mol. The van der Waals surface area contributed by atoms with Gasteiger partial charge in [0, 0.05) is 17.1 Å². The van der Waals surface area contributed by atoms with Crippen LogP contribution in [-0.4, -0.2) is 37.8 Å². The van der Waals surface area contributed by atoms with Gasteiger partial charge in [0.2, 0.25) is 5.91 Å². The van der Waals surface area contributed by atoms with Crippen molar-refractivity contribution in [1.29, 1.82) is 0 Å². The Morgan fingerprint density at radius 3 is 2.71 bits per heavy atom. The lowest BCUT2D eigenvalue weighted by atomic mass is 10.2. The number of thiophene rings is 1. The molecule has 0 unspecified atom stereocenters. The van der Waals surface area contributed by atoms with Crippen molar-refractivity contribution in [2.75, 3.05) is 11.9 Å². The number of nitrogens with zero attached hydrogens (tertiary/aromatic N) is 1. The predicted octanol–water partition coefficient (Wildman–Crippen LogP) is 4.10. The van der Waals surface area contributed by atoms with E-state index in [0.717, 1.165) is 16.2 Å². The Morgan fingerprint density at radius 1 is 1.36 bits per heavy atom. The molecule has 0 radical (unpaired) electrons. The van der Waals surface area contributed by atoms with Gasteiger partial charge >= 0.3 is 6.61 Å². The van der Waals surface area contributed by atoms with Gasteiger partial charge in [0.25, 0.3) is 10.0 Å². The van der Waals surface area contributed by atoms with Gasteiger partial charge < -0.3 is 10.1 Å². The zero-order valence-corrected chi connectivity index (χ0v) is 17.1. The van der Waals surface area contributed by atoms with E-state index in [-0.39, 0.29) is 27.2 Å². The summed E-state index contributed by atoms with van der Waals surface area (Å²) in [6, 6.07) is 6.23. The van der Waals surface area contributed by atoms with Crippen molar-refractivity contribution in [2.24, 2.45) is 0 Å². The summed E-state index contributed by atoms with van der Waals surface area (Å²) >= 11 is 7.04. The Kier molecular flexibility index (Phi) is 6.23. The third-order valence-electron chi connectivity index (χ3n) is 4.20. The summed E-state index contributed by atoms with van der Waals surface area (Å²) in [4.78, 5) is 13.5. The Hall–Kier alpha value is -1.75. The molecule has 11 heteroatoms. The number of carbonyl (C=O) groups excluding carboxylic acids is 1. The Labute approximate surface area is 170 Å². The van der Waals surface area contributed by atoms with Crippen LogP contribution in [0, 0.1) is 6.92 Å². The van der Waals surface area contributed by atoms with Crippen LogP contribution in [0.4, 0.5) is 14.5 Å². The first-order valence-corrected chi connectivity index (χ1v) is 11.0. The van der Waals surface area contributed by atoms with Crippen LogP contribution in [0.25, 0.3) is 0 Å². The highest BCUT2D eigenvalue weighted by Crippen LogP contribution is 2.32. The van der Waals surface area contributed by atoms with Gasteiger partial charge in [0.05, 0.1) is 5.02 Å². The molecule has 0 bridgehead atoms. The van der Waals surface area contributed by atoms with E-state index in [2.05, 4.69) is 10.1 Å². The zero-order chi connectivity index (χ0) is 20.5. The Morgan fingerprint density at radius 2 is 2.11 bits per heavy atom. The smallest absolute Gasteiger partial charge is 0.387 e. The number of rotatable bonds is 6. The summed E-state index contributed by atoms with van der Waals surface area (Å²) in [5, 5.41) is 2.50. The van der Waals surface area contributed by atoms with Crippen LogP contribution < -0.4 is 10.1 Å². The lowest BCUT2D eigenvalue weighted by molar-refractivity contribution is -0.119. The Balaban J connectivity index is 1.76. The molecule has 1 saturated heterocycles. The summed E-state index contributed by atoms with van der Waals surface area (Å²) < 4.78 is 56.0. The summed E-state index contributed by atoms with van der Waals surface area (Å²) in [5.41, 5.74) is 0.257. The molecule has 1 aromatic heterocycles. The molecule has 6 nitrogen and oxygen atoms in total. The second kappa shape index (κ2) is 8.32. The van der Waals surface area contributed by atoms with E-state index in [1.165, 1.54) is 28.6 Å². The number of hydrogen-bond acceptors (Lipinski definition) is 5. The van der Waals surface area contributed by atoms with Crippen molar-refractivity contribution in [3.05, 3.63) is 40.2 Å². The van der Waals surface area contributed by atoms with Crippen LogP contribution in [0.15, 0.2) is 34.5 Å². The Bertz CT molecular complexity index is 981. The van der Waals surface area contributed by atoms with Crippen molar-refractivity contribution in [2.45, 2.75) is 36.6 Å². The molecule has 1 amide bonds. The molecule has 2 heterocycles. The van der Waals surface area contributed by atoms with E-state index in [0.29, 0.717) is 12.8 Å². The van der Waals surface area contributed by atoms with Gasteiger partial charge in [-0.3, -0.25) is 4.79 Å². The normalized spacial score (nSPS) is 17.8. The van der Waals surface area contributed by atoms with E-state index in [1.807, 2.05) is 6.92 Å². The molecule has 1 aromatic carbocycles. The monoisotopic (exact) mass is 450 g/mol. The van der Waals surface area contributed by atoms with Crippen LogP contribution >= 0.6 is 22.9 Å². The van der Waals surface area contributed by atoms with Gasteiger partial charge in [0.1, 0.15) is 16.0 Å². The molecule has 1 aliphatic heterocycles. The second-order valence-electron chi connectivity index (χ2n) is 6.15. The van der Waals surface area contributed by atoms with Crippen molar-refractivity contribution < 1.29 is 26.7 Å². The SMILES string of the molecule is Cc1ccc(S(=O)(=O)N2CCC[C@@H]2C(=O)Nc2ccc(OC(F)F)c(Cl)c2)s1. The molecular weight excluding hydrogens is 434 g/mol. The molecule has 28 heavy (non-hydrogen) atoms. The molecule has 0 aliphatic carbocycles. The molecule has 2 aromatic rings. The number of nitrogens with one attached hydrogen (secondary N) is 1. The van der Waals surface area contributed by atoms with Crippen LogP contribution in [0.1, 0.15) is 17.7 Å². The summed E-state index contributed by atoms with van der Waals surface area (Å²) in [6.07, 6.45) is 0.944. The molecular formula is C17H17ClF2N2O4S2. The van der Waals surface area contributed by atoms with Crippen LogP contribution in [0.2, 0.25) is 5.02 Å². The van der Waals surface area contributed by atoms with Gasteiger partial charge in [-0.1, -0.05) is 11.6 Å². The number of aryl methyl sites for hydroxylation is 1. The van der Waals surface area contributed by atoms with Gasteiger partial charge in [-0.2, -0.15) is 13.1 Å². The number of carbonyl (C=O) groups is 1. The average Bonchev–Trinajstić information content (AvgIpc) is 3.26. The minimum atomic E-state index is -3.77. The van der Waals surface area contributed by atoms with Gasteiger partial charge in [-0.05, 0) is 50.1 Å². The number of sulfonamides is 1. The highest BCUT2D eigenvalue weighted by Gasteiger charge is 2.40. The van der Waals surface area contributed by atoms with E-state index < -0.39 is 28.6 Å². The number of ether oxygens (including phenoxy) is 1. The number of alkyl halides is 2. The second-order valence-corrected chi connectivity index (χ2v) is 9.96. The first-order valence-electron chi connectivity index (χ1n) is 8.32. The fourth-order valence-electron chi connectivity index (χ4n) is 2.95. The van der Waals surface area contributed by atoms with Gasteiger partial charge in [-0.15, -0.1) is 11.3 Å². The minimum Gasteiger partial charge on any atom is -0.433 e. The van der Waals surface area contributed by atoms with E-state index in [9.17, 15) is 22.0 Å². The first kappa shape index (κ1) is 21.0. The maximum atomic E-state index is 12.9. The average molecular weight is 451 g/mol. The van der Waals surface area contributed by atoms with Crippen molar-refractivity contribution in [3.63, 3.8) is 0 Å². The van der Waals surface area contributed by atoms with E-state index >= 15 is 0 Å². The lowest BCUT2D eigenvalue weighted by Gasteiger charge is -2.22. The van der Waals surface area contributed by atoms with Crippen molar-refractivity contribution in [1.82, 2.24) is 4.31 Å². The third-order valence-corrected chi connectivity index (χ3v) is 7.87. The standard InChI is InChI=1S/C17H17ClF2N2O4S2/c1-10-4-7-15(27-10)28(24,25)22-8-2-3-13(22)16(23)21-11-5-6-14(12(18)9-11)26-17(19)20/h4-7,9,13,17H,2-3,8H2,1H3,(H,21,23)/t13-/m1/s1. The number of hydrogen-bond donors (Lipinski definition) is 1. The van der Waals surface area contributed by atoms with E-state index in [4.69, 9.17) is 11.6 Å². The molecule has 152 valence electrons. The van der Waals surface area contributed by atoms with Gasteiger partial charge in [0.15, 0.2) is 0 Å². The van der Waals surface area contributed by atoms with Gasteiger partial charge in [-0.25, -0.2) is 8.42 Å². The maximum Gasteiger partial charge on any atom is 0.387 e. The quantitative estimate of drug-likeness (QED) is 0.718. The number of amides is 1. The van der Waals surface area contributed by atoms with Crippen molar-refractivity contribution in [3.8, 4) is 5.75 Å². The third kappa shape index (κ3) is 4.45. The van der Waals surface area contributed by atoms with E-state index in [1.54, 1.807) is 6.07 Å². The summed E-state index contributed by atoms with van der Waals surface area (Å²) in [6.45, 7) is -0.960. The summed E-state index contributed by atoms with van der Waals surface area (Å²) in [7, 11) is -3.77. The first-order chi connectivity index (χ1) is 13.2. The molecule has 1 atom stereocenters.